The van der Waals surface area contributed by atoms with Crippen LogP contribution >= 0.6 is 0 Å². The summed E-state index contributed by atoms with van der Waals surface area (Å²) in [6.07, 6.45) is 6.66. The Morgan fingerprint density at radius 1 is 1.05 bits per heavy atom. The van der Waals surface area contributed by atoms with Crippen LogP contribution in [-0.2, 0) is 17.9 Å². The van der Waals surface area contributed by atoms with Crippen molar-refractivity contribution in [1.82, 2.24) is 25.1 Å². The smallest absolute Gasteiger partial charge is 0.252 e. The van der Waals surface area contributed by atoms with E-state index in [0.29, 0.717) is 35.4 Å². The molecule has 5 aromatic rings. The molecule has 4 aromatic heterocycles. The molecule has 0 fully saturated rings. The van der Waals surface area contributed by atoms with Crippen molar-refractivity contribution in [1.29, 1.82) is 0 Å². The fourth-order valence-electron chi connectivity index (χ4n) is 3.83. The maximum atomic E-state index is 13.4. The maximum Gasteiger partial charge on any atom is 0.252 e. The summed E-state index contributed by atoms with van der Waals surface area (Å²) in [5.74, 6) is 0.348. The van der Waals surface area contributed by atoms with Gasteiger partial charge in [0, 0.05) is 36.1 Å². The van der Waals surface area contributed by atoms with E-state index in [0.717, 1.165) is 22.6 Å². The van der Waals surface area contributed by atoms with Gasteiger partial charge in [-0.15, -0.1) is 0 Å². The van der Waals surface area contributed by atoms with Gasteiger partial charge >= 0.3 is 0 Å². The molecular weight excluding hydrogens is 468 g/mol. The molecule has 0 radical (unpaired) electrons. The normalized spacial score (nSPS) is 11.1. The molecular formula is C28H26N6O3. The van der Waals surface area contributed by atoms with E-state index in [-0.39, 0.29) is 17.7 Å². The lowest BCUT2D eigenvalue weighted by atomic mass is 10.1. The van der Waals surface area contributed by atoms with Crippen LogP contribution in [0.5, 0.6) is 0 Å². The molecule has 2 N–H and O–H groups in total. The predicted molar refractivity (Wildman–Crippen MR) is 140 cm³/mol. The molecule has 37 heavy (non-hydrogen) atoms. The van der Waals surface area contributed by atoms with Crippen LogP contribution in [-0.4, -0.2) is 31.6 Å². The summed E-state index contributed by atoms with van der Waals surface area (Å²) in [5, 5.41) is 11.0. The predicted octanol–water partition coefficient (Wildman–Crippen LogP) is 4.66. The van der Waals surface area contributed by atoms with Crippen LogP contribution in [0.25, 0.3) is 22.3 Å². The monoisotopic (exact) mass is 494 g/mol. The molecule has 5 rings (SSSR count). The van der Waals surface area contributed by atoms with Gasteiger partial charge in [-0.25, -0.2) is 9.67 Å². The molecule has 0 aliphatic carbocycles. The molecule has 0 aliphatic heterocycles. The third-order valence-corrected chi connectivity index (χ3v) is 5.90. The highest BCUT2D eigenvalue weighted by Crippen LogP contribution is 2.25. The van der Waals surface area contributed by atoms with E-state index in [9.17, 15) is 9.59 Å². The largest absolute Gasteiger partial charge is 0.467 e. The summed E-state index contributed by atoms with van der Waals surface area (Å²) in [4.78, 5) is 34.3. The maximum absolute atomic E-state index is 13.4. The van der Waals surface area contributed by atoms with Gasteiger partial charge in [0.25, 0.3) is 5.91 Å². The fourth-order valence-corrected chi connectivity index (χ4v) is 3.83. The number of benzene rings is 1. The number of hydrogen-bond donors (Lipinski definition) is 2. The Morgan fingerprint density at radius 3 is 2.59 bits per heavy atom. The molecule has 0 spiro atoms. The second-order valence-corrected chi connectivity index (χ2v) is 8.94. The minimum Gasteiger partial charge on any atom is -0.467 e. The minimum atomic E-state index is -0.243. The summed E-state index contributed by atoms with van der Waals surface area (Å²) in [6, 6.07) is 16.6. The van der Waals surface area contributed by atoms with Crippen LogP contribution < -0.4 is 10.6 Å². The number of anilines is 1. The quantitative estimate of drug-likeness (QED) is 0.324. The highest BCUT2D eigenvalue weighted by molar-refractivity contribution is 6.06. The first-order chi connectivity index (χ1) is 18.0. The standard InChI is InChI=1S/C28H26N6O3/c1-18(2)27(35)32-21-9-7-19(8-10-21)14-30-28(36)23-13-25(20-5-3-11-29-15-20)33-26-24(23)16-31-34(26)17-22-6-4-12-37-22/h3-13,15-16,18H,14,17H2,1-2H3,(H,30,36)(H,32,35). The van der Waals surface area contributed by atoms with Gasteiger partial charge in [0.15, 0.2) is 5.65 Å². The van der Waals surface area contributed by atoms with Crippen LogP contribution in [0.15, 0.2) is 83.9 Å². The first kappa shape index (κ1) is 23.9. The van der Waals surface area contributed by atoms with E-state index >= 15 is 0 Å². The zero-order valence-corrected chi connectivity index (χ0v) is 20.5. The number of rotatable bonds is 8. The highest BCUT2D eigenvalue weighted by Gasteiger charge is 2.18. The lowest BCUT2D eigenvalue weighted by Gasteiger charge is -2.11. The number of carbonyl (C=O) groups is 2. The molecule has 9 heteroatoms. The van der Waals surface area contributed by atoms with Gasteiger partial charge in [-0.3, -0.25) is 14.6 Å². The summed E-state index contributed by atoms with van der Waals surface area (Å²) < 4.78 is 7.19. The van der Waals surface area contributed by atoms with Crippen LogP contribution in [0, 0.1) is 5.92 Å². The van der Waals surface area contributed by atoms with Crippen LogP contribution in [0.1, 0.15) is 35.5 Å². The number of hydrogen-bond acceptors (Lipinski definition) is 6. The lowest BCUT2D eigenvalue weighted by molar-refractivity contribution is -0.118. The summed E-state index contributed by atoms with van der Waals surface area (Å²) in [7, 11) is 0. The lowest BCUT2D eigenvalue weighted by Crippen LogP contribution is -2.23. The topological polar surface area (TPSA) is 115 Å². The molecule has 9 nitrogen and oxygen atoms in total. The molecule has 186 valence electrons. The zero-order chi connectivity index (χ0) is 25.8. The van der Waals surface area contributed by atoms with Gasteiger partial charge in [-0.2, -0.15) is 5.10 Å². The molecule has 0 saturated carbocycles. The number of carbonyl (C=O) groups excluding carboxylic acids is 2. The van der Waals surface area contributed by atoms with Crippen molar-refractivity contribution in [3.05, 3.63) is 96.3 Å². The molecule has 0 bridgehead atoms. The Kier molecular flexibility index (Phi) is 6.76. The van der Waals surface area contributed by atoms with Gasteiger partial charge in [0.2, 0.25) is 5.91 Å². The Morgan fingerprint density at radius 2 is 1.89 bits per heavy atom. The van der Waals surface area contributed by atoms with E-state index in [2.05, 4.69) is 20.7 Å². The molecule has 4 heterocycles. The average Bonchev–Trinajstić information content (AvgIpc) is 3.58. The van der Waals surface area contributed by atoms with Crippen molar-refractivity contribution in [2.45, 2.75) is 26.9 Å². The van der Waals surface area contributed by atoms with E-state index in [1.54, 1.807) is 35.6 Å². The number of furan rings is 1. The third kappa shape index (κ3) is 5.40. The highest BCUT2D eigenvalue weighted by atomic mass is 16.3. The summed E-state index contributed by atoms with van der Waals surface area (Å²) in [6.45, 7) is 4.40. The number of pyridine rings is 2. The van der Waals surface area contributed by atoms with Crippen molar-refractivity contribution in [2.24, 2.45) is 5.92 Å². The number of nitrogens with one attached hydrogen (secondary N) is 2. The third-order valence-electron chi connectivity index (χ3n) is 5.90. The Balaban J connectivity index is 1.40. The first-order valence-electron chi connectivity index (χ1n) is 12.0. The zero-order valence-electron chi connectivity index (χ0n) is 20.5. The summed E-state index contributed by atoms with van der Waals surface area (Å²) >= 11 is 0. The van der Waals surface area contributed by atoms with Crippen molar-refractivity contribution in [2.75, 3.05) is 5.32 Å². The van der Waals surface area contributed by atoms with Crippen molar-refractivity contribution >= 4 is 28.5 Å². The fraction of sp³-hybridized carbons (Fsp3) is 0.179. The molecule has 0 unspecified atom stereocenters. The number of fused-ring (bicyclic) bond motifs is 1. The SMILES string of the molecule is CC(C)C(=O)Nc1ccc(CNC(=O)c2cc(-c3cccnc3)nc3c2cnn3Cc2ccco2)cc1. The van der Waals surface area contributed by atoms with Crippen LogP contribution in [0.2, 0.25) is 0 Å². The van der Waals surface area contributed by atoms with Crippen LogP contribution in [0.3, 0.4) is 0 Å². The van der Waals surface area contributed by atoms with Crippen molar-refractivity contribution in [3.63, 3.8) is 0 Å². The Hall–Kier alpha value is -4.79. The average molecular weight is 495 g/mol. The molecule has 2 amide bonds. The molecule has 0 atom stereocenters. The minimum absolute atomic E-state index is 0.0419. The Bertz CT molecular complexity index is 1520. The van der Waals surface area contributed by atoms with Crippen LogP contribution in [0.4, 0.5) is 5.69 Å². The second-order valence-electron chi connectivity index (χ2n) is 8.94. The van der Waals surface area contributed by atoms with Gasteiger partial charge < -0.3 is 15.1 Å². The molecule has 1 aromatic carbocycles. The van der Waals surface area contributed by atoms with Gasteiger partial charge in [-0.1, -0.05) is 26.0 Å². The number of aromatic nitrogens is 4. The summed E-state index contributed by atoms with van der Waals surface area (Å²) in [5.41, 5.74) is 4.08. The molecule has 0 aliphatic rings. The van der Waals surface area contributed by atoms with Gasteiger partial charge in [0.1, 0.15) is 12.3 Å². The van der Waals surface area contributed by atoms with Gasteiger partial charge in [0.05, 0.1) is 29.1 Å². The first-order valence-corrected chi connectivity index (χ1v) is 12.0. The van der Waals surface area contributed by atoms with E-state index in [1.165, 1.54) is 0 Å². The van der Waals surface area contributed by atoms with E-state index in [4.69, 9.17) is 9.40 Å². The van der Waals surface area contributed by atoms with E-state index < -0.39 is 0 Å². The van der Waals surface area contributed by atoms with Crippen molar-refractivity contribution in [3.8, 4) is 11.3 Å². The number of nitrogens with zero attached hydrogens (tertiary/aromatic N) is 4. The Labute approximate surface area is 213 Å². The van der Waals surface area contributed by atoms with E-state index in [1.807, 2.05) is 62.4 Å². The number of amides is 2. The second kappa shape index (κ2) is 10.4. The van der Waals surface area contributed by atoms with Gasteiger partial charge in [-0.05, 0) is 48.0 Å². The molecule has 0 saturated heterocycles. The van der Waals surface area contributed by atoms with Crippen molar-refractivity contribution < 1.29 is 14.0 Å².